The van der Waals surface area contributed by atoms with Crippen molar-refractivity contribution in [2.24, 2.45) is 0 Å². The van der Waals surface area contributed by atoms with E-state index in [0.717, 1.165) is 23.8 Å². The quantitative estimate of drug-likeness (QED) is 0.225. The molecule has 0 bridgehead atoms. The van der Waals surface area contributed by atoms with Crippen LogP contribution < -0.4 is 10.6 Å². The molecule has 8 nitrogen and oxygen atoms in total. The molecular formula is C23H16F7N5O3. The van der Waals surface area contributed by atoms with E-state index in [1.807, 2.05) is 0 Å². The zero-order valence-corrected chi connectivity index (χ0v) is 19.1. The van der Waals surface area contributed by atoms with Gasteiger partial charge in [0.15, 0.2) is 11.5 Å². The molecule has 0 atom stereocenters. The summed E-state index contributed by atoms with van der Waals surface area (Å²) in [5, 5.41) is 7.64. The molecule has 0 aliphatic heterocycles. The summed E-state index contributed by atoms with van der Waals surface area (Å²) in [6.45, 7) is -0.546. The normalized spacial score (nSPS) is 12.0. The summed E-state index contributed by atoms with van der Waals surface area (Å²) in [4.78, 5) is 28.6. The van der Waals surface area contributed by atoms with Crippen LogP contribution in [0.4, 0.5) is 42.2 Å². The standard InChI is InChI=1S/C23H16F7N5O3/c1-38-17(36)10-31-20-18(14-7-2-11(22(25,26)27)8-16(14)23(28,29)30)34-19-15(9-32-35(19)20)21(37)33-13-5-3-12(24)4-6-13/h2-9,31-32H,10H2,1H3,(H,33,37). The van der Waals surface area contributed by atoms with E-state index in [-0.39, 0.29) is 28.8 Å². The maximum absolute atomic E-state index is 13.9. The van der Waals surface area contributed by atoms with Gasteiger partial charge in [-0.3, -0.25) is 14.7 Å². The van der Waals surface area contributed by atoms with Crippen LogP contribution in [-0.4, -0.2) is 40.1 Å². The maximum Gasteiger partial charge on any atom is 0.417 e. The van der Waals surface area contributed by atoms with Crippen molar-refractivity contribution in [3.05, 3.63) is 71.2 Å². The molecule has 0 spiro atoms. The van der Waals surface area contributed by atoms with Crippen molar-refractivity contribution in [2.75, 3.05) is 24.3 Å². The van der Waals surface area contributed by atoms with Gasteiger partial charge in [-0.15, -0.1) is 0 Å². The molecule has 38 heavy (non-hydrogen) atoms. The van der Waals surface area contributed by atoms with Crippen LogP contribution in [0.2, 0.25) is 0 Å². The zero-order valence-electron chi connectivity index (χ0n) is 19.1. The van der Waals surface area contributed by atoms with Crippen molar-refractivity contribution in [3.8, 4) is 11.3 Å². The van der Waals surface area contributed by atoms with Crippen LogP contribution in [0, 0.1) is 5.82 Å². The molecular weight excluding hydrogens is 527 g/mol. The molecule has 15 heteroatoms. The van der Waals surface area contributed by atoms with Crippen LogP contribution in [0.5, 0.6) is 0 Å². The lowest BCUT2D eigenvalue weighted by molar-refractivity contribution is -0.143. The lowest BCUT2D eigenvalue weighted by atomic mass is 10.0. The summed E-state index contributed by atoms with van der Waals surface area (Å²) in [6, 6.07) is 5.75. The molecule has 4 rings (SSSR count). The second-order valence-electron chi connectivity index (χ2n) is 7.80. The molecule has 4 aromatic rings. The lowest BCUT2D eigenvalue weighted by Gasteiger charge is -2.16. The second-order valence-corrected chi connectivity index (χ2v) is 7.80. The van der Waals surface area contributed by atoms with Crippen LogP contribution in [0.15, 0.2) is 48.7 Å². The maximum atomic E-state index is 13.9. The minimum Gasteiger partial charge on any atom is -0.468 e. The number of imidazole rings is 1. The molecule has 0 fully saturated rings. The summed E-state index contributed by atoms with van der Waals surface area (Å²) >= 11 is 0. The van der Waals surface area contributed by atoms with Crippen LogP contribution in [0.3, 0.4) is 0 Å². The number of H-pyrrole nitrogens is 1. The summed E-state index contributed by atoms with van der Waals surface area (Å²) in [7, 11) is 1.07. The number of aromatic amines is 1. The van der Waals surface area contributed by atoms with Gasteiger partial charge in [0, 0.05) is 17.4 Å². The van der Waals surface area contributed by atoms with E-state index in [4.69, 9.17) is 0 Å². The van der Waals surface area contributed by atoms with Gasteiger partial charge >= 0.3 is 18.3 Å². The minimum atomic E-state index is -5.21. The topological polar surface area (TPSA) is 101 Å². The minimum absolute atomic E-state index is 0.0463. The van der Waals surface area contributed by atoms with Crippen molar-refractivity contribution in [1.29, 1.82) is 0 Å². The summed E-state index contributed by atoms with van der Waals surface area (Å²) < 4.78 is 99.8. The SMILES string of the molecule is COC(=O)CNc1c(-c2ccc(C(F)(F)F)cc2C(F)(F)F)nc2c(C(=O)Nc3ccc(F)cc3)c[nH]n12. The monoisotopic (exact) mass is 543 g/mol. The summed E-state index contributed by atoms with van der Waals surface area (Å²) in [5.41, 5.74) is -4.55. The number of halogens is 7. The molecule has 0 saturated heterocycles. The van der Waals surface area contributed by atoms with Crippen LogP contribution in [0.25, 0.3) is 16.9 Å². The molecule has 2 heterocycles. The molecule has 0 unspecified atom stereocenters. The first-order valence-electron chi connectivity index (χ1n) is 10.6. The Bertz CT molecular complexity index is 1500. The number of methoxy groups -OCH3 is 1. The average molecular weight is 543 g/mol. The van der Waals surface area contributed by atoms with Crippen molar-refractivity contribution in [3.63, 3.8) is 0 Å². The third kappa shape index (κ3) is 5.26. The number of nitrogens with zero attached hydrogens (tertiary/aromatic N) is 2. The van der Waals surface area contributed by atoms with E-state index < -0.39 is 59.0 Å². The highest BCUT2D eigenvalue weighted by molar-refractivity contribution is 6.08. The Morgan fingerprint density at radius 2 is 1.71 bits per heavy atom. The summed E-state index contributed by atoms with van der Waals surface area (Å²) in [6.07, 6.45) is -9.08. The number of carbonyl (C=O) groups excluding carboxylic acids is 2. The molecule has 2 aromatic heterocycles. The Morgan fingerprint density at radius 1 is 1.03 bits per heavy atom. The van der Waals surface area contributed by atoms with Crippen molar-refractivity contribution < 1.29 is 45.1 Å². The van der Waals surface area contributed by atoms with E-state index in [1.165, 1.54) is 18.3 Å². The Labute approximate surface area is 208 Å². The Kier molecular flexibility index (Phi) is 6.78. The number of ether oxygens (including phenoxy) is 1. The van der Waals surface area contributed by atoms with Gasteiger partial charge < -0.3 is 15.4 Å². The molecule has 0 radical (unpaired) electrons. The van der Waals surface area contributed by atoms with Crippen LogP contribution >= 0.6 is 0 Å². The van der Waals surface area contributed by atoms with Crippen molar-refractivity contribution in [1.82, 2.24) is 14.6 Å². The van der Waals surface area contributed by atoms with Crippen LogP contribution in [-0.2, 0) is 21.9 Å². The number of benzene rings is 2. The molecule has 0 saturated carbocycles. The highest BCUT2D eigenvalue weighted by Crippen LogP contribution is 2.42. The van der Waals surface area contributed by atoms with Gasteiger partial charge in [-0.25, -0.2) is 13.9 Å². The highest BCUT2D eigenvalue weighted by atomic mass is 19.4. The molecule has 1 amide bonds. The first-order chi connectivity index (χ1) is 17.8. The number of rotatable bonds is 6. The van der Waals surface area contributed by atoms with Crippen LogP contribution in [0.1, 0.15) is 21.5 Å². The number of hydrogen-bond acceptors (Lipinski definition) is 5. The average Bonchev–Trinajstić information content (AvgIpc) is 3.42. The van der Waals surface area contributed by atoms with E-state index in [1.54, 1.807) is 0 Å². The third-order valence-electron chi connectivity index (χ3n) is 5.34. The molecule has 2 aromatic carbocycles. The fraction of sp³-hybridized carbons (Fsp3) is 0.174. The highest BCUT2D eigenvalue weighted by Gasteiger charge is 2.39. The fourth-order valence-corrected chi connectivity index (χ4v) is 3.56. The van der Waals surface area contributed by atoms with E-state index in [9.17, 15) is 40.3 Å². The number of esters is 1. The number of hydrogen-bond donors (Lipinski definition) is 3. The van der Waals surface area contributed by atoms with Gasteiger partial charge in [0.2, 0.25) is 0 Å². The number of fused-ring (bicyclic) bond motifs is 1. The van der Waals surface area contributed by atoms with Crippen molar-refractivity contribution >= 4 is 29.0 Å². The van der Waals surface area contributed by atoms with Gasteiger partial charge in [0.25, 0.3) is 5.91 Å². The number of nitrogens with one attached hydrogen (secondary N) is 3. The van der Waals surface area contributed by atoms with E-state index in [0.29, 0.717) is 12.1 Å². The third-order valence-corrected chi connectivity index (χ3v) is 5.34. The number of carbonyl (C=O) groups is 2. The number of aromatic nitrogens is 3. The number of alkyl halides is 6. The Hall–Kier alpha value is -4.56. The lowest BCUT2D eigenvalue weighted by Crippen LogP contribution is -2.17. The van der Waals surface area contributed by atoms with Gasteiger partial charge in [-0.1, -0.05) is 6.07 Å². The zero-order chi connectivity index (χ0) is 27.8. The first kappa shape index (κ1) is 26.5. The van der Waals surface area contributed by atoms with Crippen molar-refractivity contribution in [2.45, 2.75) is 12.4 Å². The van der Waals surface area contributed by atoms with Gasteiger partial charge in [0.1, 0.15) is 23.6 Å². The fourth-order valence-electron chi connectivity index (χ4n) is 3.56. The van der Waals surface area contributed by atoms with Gasteiger partial charge in [0.05, 0.1) is 18.2 Å². The van der Waals surface area contributed by atoms with E-state index >= 15 is 0 Å². The Balaban J connectivity index is 1.86. The number of anilines is 2. The molecule has 200 valence electrons. The molecule has 0 aliphatic rings. The van der Waals surface area contributed by atoms with E-state index in [2.05, 4.69) is 25.5 Å². The predicted molar refractivity (Wildman–Crippen MR) is 120 cm³/mol. The molecule has 3 N–H and O–H groups in total. The Morgan fingerprint density at radius 3 is 2.32 bits per heavy atom. The second kappa shape index (κ2) is 9.72. The number of amides is 1. The molecule has 0 aliphatic carbocycles. The van der Waals surface area contributed by atoms with Gasteiger partial charge in [-0.05, 0) is 36.4 Å². The van der Waals surface area contributed by atoms with Gasteiger partial charge in [-0.2, -0.15) is 26.3 Å². The largest absolute Gasteiger partial charge is 0.468 e. The first-order valence-corrected chi connectivity index (χ1v) is 10.6. The smallest absolute Gasteiger partial charge is 0.417 e. The predicted octanol–water partition coefficient (Wildman–Crippen LogP) is 5.34. The summed E-state index contributed by atoms with van der Waals surface area (Å²) in [5.74, 6) is -2.39.